The number of nitrogens with zero attached hydrogens (tertiary/aromatic N) is 3. The zero-order valence-electron chi connectivity index (χ0n) is 8.43. The Hall–Kier alpha value is -0.980. The second-order valence-electron chi connectivity index (χ2n) is 3.59. The van der Waals surface area contributed by atoms with E-state index in [1.54, 1.807) is 17.8 Å². The van der Waals surface area contributed by atoms with Crippen LogP contribution in [0.4, 0.5) is 0 Å². The fourth-order valence-corrected chi connectivity index (χ4v) is 0.921. The minimum absolute atomic E-state index is 0.124. The summed E-state index contributed by atoms with van der Waals surface area (Å²) in [6.07, 6.45) is 1.60. The van der Waals surface area contributed by atoms with E-state index in [1.165, 1.54) is 0 Å². The zero-order chi connectivity index (χ0) is 10.6. The van der Waals surface area contributed by atoms with Gasteiger partial charge in [-0.25, -0.2) is 0 Å². The molecule has 0 spiro atoms. The molecular formula is C8H16N4O2. The van der Waals surface area contributed by atoms with E-state index in [0.29, 0.717) is 6.54 Å². The summed E-state index contributed by atoms with van der Waals surface area (Å²) >= 11 is 0. The van der Waals surface area contributed by atoms with Gasteiger partial charge < -0.3 is 20.1 Å². The fraction of sp³-hybridized carbons (Fsp3) is 0.750. The molecule has 0 saturated carbocycles. The van der Waals surface area contributed by atoms with Gasteiger partial charge in [0, 0.05) is 7.05 Å². The monoisotopic (exact) mass is 200 g/mol. The lowest BCUT2D eigenvalue weighted by atomic mass is 10.1. The molecule has 1 aromatic rings. The third-order valence-corrected chi connectivity index (χ3v) is 2.18. The number of hydrogen-bond donors (Lipinski definition) is 3. The predicted molar refractivity (Wildman–Crippen MR) is 50.4 cm³/mol. The van der Waals surface area contributed by atoms with Gasteiger partial charge in [-0.1, -0.05) is 0 Å². The predicted octanol–water partition coefficient (Wildman–Crippen LogP) is -1.35. The van der Waals surface area contributed by atoms with Crippen molar-refractivity contribution in [3.63, 3.8) is 0 Å². The highest BCUT2D eigenvalue weighted by atomic mass is 16.3. The van der Waals surface area contributed by atoms with Gasteiger partial charge in [-0.3, -0.25) is 0 Å². The van der Waals surface area contributed by atoms with Crippen molar-refractivity contribution >= 4 is 0 Å². The van der Waals surface area contributed by atoms with E-state index in [4.69, 9.17) is 10.2 Å². The number of nitrogens with one attached hydrogen (secondary N) is 1. The van der Waals surface area contributed by atoms with Crippen molar-refractivity contribution in [2.45, 2.75) is 19.0 Å². The Kier molecular flexibility index (Phi) is 3.56. The Morgan fingerprint density at radius 1 is 1.50 bits per heavy atom. The Bertz CT molecular complexity index is 283. The molecule has 0 saturated heterocycles. The second-order valence-corrected chi connectivity index (χ2v) is 3.59. The molecule has 0 amide bonds. The van der Waals surface area contributed by atoms with Gasteiger partial charge >= 0.3 is 0 Å². The van der Waals surface area contributed by atoms with Crippen LogP contribution in [0.2, 0.25) is 0 Å². The Morgan fingerprint density at radius 3 is 2.57 bits per heavy atom. The quantitative estimate of drug-likeness (QED) is 0.547. The number of aliphatic hydroxyl groups is 2. The number of aryl methyl sites for hydroxylation is 1. The summed E-state index contributed by atoms with van der Waals surface area (Å²) in [6.45, 7) is 1.96. The van der Waals surface area contributed by atoms with Gasteiger partial charge in [0.05, 0.1) is 25.3 Å². The van der Waals surface area contributed by atoms with E-state index in [9.17, 15) is 0 Å². The molecule has 0 aromatic carbocycles. The molecule has 0 bridgehead atoms. The van der Waals surface area contributed by atoms with E-state index in [-0.39, 0.29) is 13.2 Å². The molecule has 0 atom stereocenters. The zero-order valence-corrected chi connectivity index (χ0v) is 8.43. The van der Waals surface area contributed by atoms with Crippen LogP contribution >= 0.6 is 0 Å². The lowest BCUT2D eigenvalue weighted by Gasteiger charge is -2.25. The van der Waals surface area contributed by atoms with Gasteiger partial charge in [0.15, 0.2) is 0 Å². The highest BCUT2D eigenvalue weighted by molar-refractivity contribution is 4.88. The molecule has 6 nitrogen and oxygen atoms in total. The molecule has 0 fully saturated rings. The molecule has 0 aliphatic heterocycles. The number of aromatic nitrogens is 3. The average molecular weight is 200 g/mol. The fourth-order valence-electron chi connectivity index (χ4n) is 0.921. The summed E-state index contributed by atoms with van der Waals surface area (Å²) in [7, 11) is 1.84. The molecule has 1 heterocycles. The van der Waals surface area contributed by atoms with Crippen molar-refractivity contribution in [3.8, 4) is 0 Å². The van der Waals surface area contributed by atoms with Crippen LogP contribution in [-0.2, 0) is 13.6 Å². The van der Waals surface area contributed by atoms with Gasteiger partial charge in [0.2, 0.25) is 0 Å². The van der Waals surface area contributed by atoms with E-state index in [1.807, 2.05) is 7.05 Å². The van der Waals surface area contributed by atoms with Crippen molar-refractivity contribution < 1.29 is 10.2 Å². The Balaban J connectivity index is 2.52. The van der Waals surface area contributed by atoms with Crippen molar-refractivity contribution in [2.75, 3.05) is 13.2 Å². The molecule has 0 aliphatic rings. The van der Waals surface area contributed by atoms with Crippen molar-refractivity contribution in [1.29, 1.82) is 0 Å². The normalized spacial score (nSPS) is 12.0. The molecule has 0 radical (unpaired) electrons. The lowest BCUT2D eigenvalue weighted by Crippen LogP contribution is -2.48. The van der Waals surface area contributed by atoms with Crippen LogP contribution in [0.15, 0.2) is 6.33 Å². The highest BCUT2D eigenvalue weighted by Crippen LogP contribution is 2.02. The third kappa shape index (κ3) is 2.50. The molecule has 14 heavy (non-hydrogen) atoms. The van der Waals surface area contributed by atoms with E-state index < -0.39 is 5.54 Å². The van der Waals surface area contributed by atoms with Crippen LogP contribution in [0.1, 0.15) is 12.7 Å². The lowest BCUT2D eigenvalue weighted by molar-refractivity contribution is 0.102. The van der Waals surface area contributed by atoms with Gasteiger partial charge in [0.25, 0.3) is 0 Å². The molecular weight excluding hydrogens is 184 g/mol. The third-order valence-electron chi connectivity index (χ3n) is 2.18. The Labute approximate surface area is 82.6 Å². The first-order valence-electron chi connectivity index (χ1n) is 4.41. The summed E-state index contributed by atoms with van der Waals surface area (Å²) in [4.78, 5) is 0. The van der Waals surface area contributed by atoms with Crippen LogP contribution in [0, 0.1) is 0 Å². The van der Waals surface area contributed by atoms with Crippen LogP contribution < -0.4 is 5.32 Å². The topological polar surface area (TPSA) is 83.2 Å². The maximum Gasteiger partial charge on any atom is 0.146 e. The first-order valence-corrected chi connectivity index (χ1v) is 4.41. The minimum Gasteiger partial charge on any atom is -0.394 e. The molecule has 0 aliphatic carbocycles. The molecule has 80 valence electrons. The van der Waals surface area contributed by atoms with Crippen LogP contribution in [-0.4, -0.2) is 43.7 Å². The first kappa shape index (κ1) is 11.1. The van der Waals surface area contributed by atoms with Crippen LogP contribution in [0.3, 0.4) is 0 Å². The SMILES string of the molecule is Cn1cnnc1CNC(C)(CO)CO. The van der Waals surface area contributed by atoms with Crippen molar-refractivity contribution in [3.05, 3.63) is 12.2 Å². The van der Waals surface area contributed by atoms with E-state index >= 15 is 0 Å². The summed E-state index contributed by atoms with van der Waals surface area (Å²) in [5.41, 5.74) is -0.675. The number of hydrogen-bond acceptors (Lipinski definition) is 5. The molecule has 6 heteroatoms. The standard InChI is InChI=1S/C8H16N4O2/c1-8(4-13,5-14)9-3-7-11-10-6-12(7)2/h6,9,13-14H,3-5H2,1-2H3. The summed E-state index contributed by atoms with van der Waals surface area (Å²) < 4.78 is 1.78. The minimum atomic E-state index is -0.675. The summed E-state index contributed by atoms with van der Waals surface area (Å²) in [5.74, 6) is 0.762. The van der Waals surface area contributed by atoms with Gasteiger partial charge in [0.1, 0.15) is 12.2 Å². The van der Waals surface area contributed by atoms with Gasteiger partial charge in [-0.15, -0.1) is 10.2 Å². The van der Waals surface area contributed by atoms with Gasteiger partial charge in [-0.05, 0) is 6.92 Å². The smallest absolute Gasteiger partial charge is 0.146 e. The second kappa shape index (κ2) is 4.50. The molecule has 0 unspecified atom stereocenters. The molecule has 1 rings (SSSR count). The maximum atomic E-state index is 9.02. The highest BCUT2D eigenvalue weighted by Gasteiger charge is 2.21. The largest absolute Gasteiger partial charge is 0.394 e. The van der Waals surface area contributed by atoms with E-state index in [0.717, 1.165) is 5.82 Å². The number of aliphatic hydroxyl groups excluding tert-OH is 2. The van der Waals surface area contributed by atoms with Crippen molar-refractivity contribution in [1.82, 2.24) is 20.1 Å². The maximum absolute atomic E-state index is 9.02. The average Bonchev–Trinajstić information content (AvgIpc) is 2.61. The Morgan fingerprint density at radius 2 is 2.14 bits per heavy atom. The first-order chi connectivity index (χ1) is 6.61. The molecule has 3 N–H and O–H groups in total. The summed E-state index contributed by atoms with van der Waals surface area (Å²) in [5, 5.41) is 28.6. The van der Waals surface area contributed by atoms with Crippen LogP contribution in [0.25, 0.3) is 0 Å². The van der Waals surface area contributed by atoms with E-state index in [2.05, 4.69) is 15.5 Å². The summed E-state index contributed by atoms with van der Waals surface area (Å²) in [6, 6.07) is 0. The van der Waals surface area contributed by atoms with Crippen molar-refractivity contribution in [2.24, 2.45) is 7.05 Å². The number of rotatable bonds is 5. The molecule has 1 aromatic heterocycles. The van der Waals surface area contributed by atoms with Crippen LogP contribution in [0.5, 0.6) is 0 Å². The van der Waals surface area contributed by atoms with Gasteiger partial charge in [-0.2, -0.15) is 0 Å².